The maximum Gasteiger partial charge on any atom is 0.225 e. The van der Waals surface area contributed by atoms with Crippen molar-refractivity contribution in [2.45, 2.75) is 38.3 Å². The number of carbonyl (C=O) groups excluding carboxylic acids is 1. The second kappa shape index (κ2) is 6.81. The Kier molecular flexibility index (Phi) is 4.92. The van der Waals surface area contributed by atoms with Gasteiger partial charge >= 0.3 is 0 Å². The zero-order valence-corrected chi connectivity index (χ0v) is 14.7. The molecule has 0 spiro atoms. The first-order valence-electron chi connectivity index (χ1n) is 8.59. The third-order valence-corrected chi connectivity index (χ3v) is 5.71. The minimum atomic E-state index is -0.0651. The Balaban J connectivity index is 0.00000169. The Labute approximate surface area is 148 Å². The first kappa shape index (κ1) is 17.4. The number of amides is 1. The van der Waals surface area contributed by atoms with Gasteiger partial charge in [-0.25, -0.2) is 0 Å². The van der Waals surface area contributed by atoms with Crippen molar-refractivity contribution >= 4 is 18.3 Å². The van der Waals surface area contributed by atoms with Crippen molar-refractivity contribution in [3.63, 3.8) is 0 Å². The summed E-state index contributed by atoms with van der Waals surface area (Å²) in [6.45, 7) is 3.15. The Morgan fingerprint density at radius 3 is 2.62 bits per heavy atom. The number of nitrogens with one attached hydrogen (secondary N) is 1. The lowest BCUT2D eigenvalue weighted by atomic mass is 9.84. The molecule has 24 heavy (non-hydrogen) atoms. The van der Waals surface area contributed by atoms with E-state index < -0.39 is 0 Å². The number of benzene rings is 1. The van der Waals surface area contributed by atoms with Crippen LogP contribution in [-0.2, 0) is 4.79 Å². The quantitative estimate of drug-likeness (QED) is 0.876. The van der Waals surface area contributed by atoms with E-state index in [0.717, 1.165) is 29.9 Å². The predicted molar refractivity (Wildman–Crippen MR) is 93.5 cm³/mol. The molecule has 3 aliphatic rings. The van der Waals surface area contributed by atoms with E-state index in [4.69, 9.17) is 15.2 Å². The molecule has 0 radical (unpaired) electrons. The maximum absolute atomic E-state index is 12.7. The Morgan fingerprint density at radius 2 is 1.92 bits per heavy atom. The van der Waals surface area contributed by atoms with E-state index in [9.17, 15) is 4.79 Å². The minimum absolute atomic E-state index is 0. The van der Waals surface area contributed by atoms with Crippen LogP contribution in [0.5, 0.6) is 11.5 Å². The van der Waals surface area contributed by atoms with Crippen molar-refractivity contribution < 1.29 is 14.3 Å². The lowest BCUT2D eigenvalue weighted by Gasteiger charge is -2.28. The number of hydrogen-bond acceptors (Lipinski definition) is 4. The summed E-state index contributed by atoms with van der Waals surface area (Å²) in [5, 5.41) is 3.14. The summed E-state index contributed by atoms with van der Waals surface area (Å²) in [6.07, 6.45) is 3.46. The Bertz CT molecular complexity index is 622. The van der Waals surface area contributed by atoms with Crippen LogP contribution in [0, 0.1) is 17.8 Å². The van der Waals surface area contributed by atoms with Gasteiger partial charge in [0.05, 0.1) is 12.0 Å². The highest BCUT2D eigenvalue weighted by Gasteiger charge is 2.49. The van der Waals surface area contributed by atoms with Crippen LogP contribution >= 0.6 is 12.4 Å². The number of rotatable bonds is 3. The molecule has 1 aliphatic heterocycles. The van der Waals surface area contributed by atoms with Gasteiger partial charge in [0.25, 0.3) is 0 Å². The highest BCUT2D eigenvalue weighted by Crippen LogP contribution is 2.47. The third-order valence-electron chi connectivity index (χ3n) is 5.71. The van der Waals surface area contributed by atoms with E-state index in [0.29, 0.717) is 25.0 Å². The Morgan fingerprint density at radius 1 is 1.21 bits per heavy atom. The molecule has 2 fully saturated rings. The molecule has 1 heterocycles. The fourth-order valence-electron chi connectivity index (χ4n) is 4.45. The molecule has 1 aromatic carbocycles. The van der Waals surface area contributed by atoms with Crippen LogP contribution in [0.2, 0.25) is 0 Å². The number of carbonyl (C=O) groups is 1. The van der Waals surface area contributed by atoms with E-state index in [-0.39, 0.29) is 36.3 Å². The van der Waals surface area contributed by atoms with Crippen LogP contribution in [0.1, 0.15) is 37.8 Å². The van der Waals surface area contributed by atoms with Gasteiger partial charge in [0.1, 0.15) is 13.2 Å². The SMILES string of the molecule is CC(NC(=O)C1C2CCC(C2)C1N)c1ccc2c(c1)OCCO2.Cl. The molecule has 1 amide bonds. The monoisotopic (exact) mass is 352 g/mol. The summed E-state index contributed by atoms with van der Waals surface area (Å²) in [5.74, 6) is 2.63. The third kappa shape index (κ3) is 2.95. The molecular formula is C18H25ClN2O3. The summed E-state index contributed by atoms with van der Waals surface area (Å²) in [5.41, 5.74) is 7.30. The maximum atomic E-state index is 12.7. The topological polar surface area (TPSA) is 73.6 Å². The van der Waals surface area contributed by atoms with Crippen molar-refractivity contribution in [2.75, 3.05) is 13.2 Å². The second-order valence-corrected chi connectivity index (χ2v) is 7.07. The summed E-state index contributed by atoms with van der Waals surface area (Å²) >= 11 is 0. The Hall–Kier alpha value is -1.46. The normalized spacial score (nSPS) is 31.2. The van der Waals surface area contributed by atoms with Gasteiger partial charge in [0, 0.05) is 6.04 Å². The van der Waals surface area contributed by atoms with Gasteiger partial charge in [0.2, 0.25) is 5.91 Å². The fraction of sp³-hybridized carbons (Fsp3) is 0.611. The summed E-state index contributed by atoms with van der Waals surface area (Å²) in [7, 11) is 0. The zero-order chi connectivity index (χ0) is 16.0. The molecule has 1 aromatic rings. The van der Waals surface area contributed by atoms with E-state index in [1.54, 1.807) is 0 Å². The number of halogens is 1. The van der Waals surface area contributed by atoms with Gasteiger partial charge < -0.3 is 20.5 Å². The van der Waals surface area contributed by atoms with E-state index in [1.807, 2.05) is 25.1 Å². The highest BCUT2D eigenvalue weighted by atomic mass is 35.5. The van der Waals surface area contributed by atoms with Crippen molar-refractivity contribution in [3.8, 4) is 11.5 Å². The smallest absolute Gasteiger partial charge is 0.225 e. The summed E-state index contributed by atoms with van der Waals surface area (Å²) in [4.78, 5) is 12.7. The molecule has 4 rings (SSSR count). The van der Waals surface area contributed by atoms with Gasteiger partial charge in [-0.2, -0.15) is 0 Å². The van der Waals surface area contributed by atoms with Gasteiger partial charge in [-0.1, -0.05) is 6.07 Å². The van der Waals surface area contributed by atoms with Gasteiger partial charge in [0.15, 0.2) is 11.5 Å². The van der Waals surface area contributed by atoms with Crippen LogP contribution in [0.15, 0.2) is 18.2 Å². The van der Waals surface area contributed by atoms with Crippen LogP contribution in [0.3, 0.4) is 0 Å². The molecule has 2 saturated carbocycles. The molecule has 5 atom stereocenters. The number of nitrogens with two attached hydrogens (primary N) is 1. The van der Waals surface area contributed by atoms with Gasteiger partial charge in [-0.15, -0.1) is 12.4 Å². The molecular weight excluding hydrogens is 328 g/mol. The lowest BCUT2D eigenvalue weighted by molar-refractivity contribution is -0.127. The van der Waals surface area contributed by atoms with Crippen LogP contribution < -0.4 is 20.5 Å². The molecule has 3 N–H and O–H groups in total. The van der Waals surface area contributed by atoms with Gasteiger partial charge in [-0.05, 0) is 55.7 Å². The average molecular weight is 353 g/mol. The van der Waals surface area contributed by atoms with Gasteiger partial charge in [-0.3, -0.25) is 4.79 Å². The minimum Gasteiger partial charge on any atom is -0.486 e. The number of hydrogen-bond donors (Lipinski definition) is 2. The van der Waals surface area contributed by atoms with Crippen molar-refractivity contribution in [3.05, 3.63) is 23.8 Å². The summed E-state index contributed by atoms with van der Waals surface area (Å²) < 4.78 is 11.2. The molecule has 5 nitrogen and oxygen atoms in total. The van der Waals surface area contributed by atoms with Crippen molar-refractivity contribution in [2.24, 2.45) is 23.5 Å². The fourth-order valence-corrected chi connectivity index (χ4v) is 4.45. The molecule has 0 saturated heterocycles. The van der Waals surface area contributed by atoms with E-state index in [2.05, 4.69) is 5.32 Å². The summed E-state index contributed by atoms with van der Waals surface area (Å²) in [6, 6.07) is 5.82. The number of ether oxygens (including phenoxy) is 2. The predicted octanol–water partition coefficient (Wildman–Crippen LogP) is 2.43. The second-order valence-electron chi connectivity index (χ2n) is 7.07. The van der Waals surface area contributed by atoms with Crippen LogP contribution in [0.25, 0.3) is 0 Å². The van der Waals surface area contributed by atoms with E-state index >= 15 is 0 Å². The van der Waals surface area contributed by atoms with Crippen LogP contribution in [0.4, 0.5) is 0 Å². The van der Waals surface area contributed by atoms with E-state index in [1.165, 1.54) is 6.42 Å². The molecule has 0 aromatic heterocycles. The zero-order valence-electron chi connectivity index (χ0n) is 13.9. The average Bonchev–Trinajstić information content (AvgIpc) is 3.15. The largest absolute Gasteiger partial charge is 0.486 e. The molecule has 5 unspecified atom stereocenters. The number of fused-ring (bicyclic) bond motifs is 3. The molecule has 2 aliphatic carbocycles. The van der Waals surface area contributed by atoms with Crippen molar-refractivity contribution in [1.82, 2.24) is 5.32 Å². The lowest BCUT2D eigenvalue weighted by Crippen LogP contribution is -2.45. The standard InChI is InChI=1S/C18H24N2O3.ClH/c1-10(11-4-5-14-15(9-11)23-7-6-22-14)20-18(21)16-12-2-3-13(8-12)17(16)19;/h4-5,9-10,12-13,16-17H,2-3,6-8,19H2,1H3,(H,20,21);1H. The van der Waals surface area contributed by atoms with Crippen molar-refractivity contribution in [1.29, 1.82) is 0 Å². The van der Waals surface area contributed by atoms with Crippen LogP contribution in [-0.4, -0.2) is 25.2 Å². The molecule has 132 valence electrons. The molecule has 2 bridgehead atoms. The first-order valence-corrected chi connectivity index (χ1v) is 8.59. The highest BCUT2D eigenvalue weighted by molar-refractivity contribution is 5.85. The molecule has 6 heteroatoms. The first-order chi connectivity index (χ1) is 11.1.